The summed E-state index contributed by atoms with van der Waals surface area (Å²) in [5, 5.41) is 19.5. The molecule has 32 heavy (non-hydrogen) atoms. The highest BCUT2D eigenvalue weighted by atomic mass is 16.6. The third-order valence-corrected chi connectivity index (χ3v) is 3.66. The third kappa shape index (κ3) is 9.54. The van der Waals surface area contributed by atoms with Gasteiger partial charge in [0.05, 0.1) is 11.1 Å². The zero-order valence-corrected chi connectivity index (χ0v) is 17.9. The summed E-state index contributed by atoms with van der Waals surface area (Å²) in [5.41, 5.74) is 0.361. The van der Waals surface area contributed by atoms with Gasteiger partial charge in [-0.25, -0.2) is 19.2 Å². The fraction of sp³-hybridized carbons (Fsp3) is 0.364. The summed E-state index contributed by atoms with van der Waals surface area (Å²) in [6, 6.07) is 5.41. The molecule has 1 aromatic carbocycles. The van der Waals surface area contributed by atoms with Gasteiger partial charge in [-0.15, -0.1) is 0 Å². The Kier molecular flexibility index (Phi) is 10.8. The summed E-state index contributed by atoms with van der Waals surface area (Å²) in [4.78, 5) is 46.8. The molecule has 0 saturated carbocycles. The molecular formula is C22H26O10. The number of rotatable bonds is 12. The number of aliphatic hydroxyl groups excluding tert-OH is 2. The van der Waals surface area contributed by atoms with Gasteiger partial charge in [-0.2, -0.15) is 0 Å². The fourth-order valence-corrected chi connectivity index (χ4v) is 1.97. The lowest BCUT2D eigenvalue weighted by atomic mass is 10.1. The van der Waals surface area contributed by atoms with Gasteiger partial charge in [0.15, 0.2) is 0 Å². The molecule has 2 atom stereocenters. The first-order valence-corrected chi connectivity index (χ1v) is 9.47. The molecule has 0 heterocycles. The van der Waals surface area contributed by atoms with Crippen molar-refractivity contribution in [2.45, 2.75) is 26.1 Å². The molecule has 0 amide bonds. The Hall–Kier alpha value is -3.50. The maximum atomic E-state index is 12.1. The average Bonchev–Trinajstić information content (AvgIpc) is 2.77. The SMILES string of the molecule is C=C(C)C(=O)OCC(O)COC(=O)c1cccc(C(=O)OCC(O)COC(=O)C(=C)C)c1. The predicted molar refractivity (Wildman–Crippen MR) is 111 cm³/mol. The number of carbonyl (C=O) groups is 4. The largest absolute Gasteiger partial charge is 0.459 e. The number of benzene rings is 1. The van der Waals surface area contributed by atoms with Crippen LogP contribution in [0.3, 0.4) is 0 Å². The van der Waals surface area contributed by atoms with Crippen LogP contribution in [0, 0.1) is 0 Å². The van der Waals surface area contributed by atoms with Crippen molar-refractivity contribution in [3.8, 4) is 0 Å². The third-order valence-electron chi connectivity index (χ3n) is 3.66. The number of hydrogen-bond donors (Lipinski definition) is 2. The molecule has 0 aliphatic heterocycles. The van der Waals surface area contributed by atoms with E-state index in [1.807, 2.05) is 0 Å². The first kappa shape index (κ1) is 26.5. The summed E-state index contributed by atoms with van der Waals surface area (Å²) in [7, 11) is 0. The molecule has 1 aromatic rings. The van der Waals surface area contributed by atoms with E-state index in [2.05, 4.69) is 13.2 Å². The summed E-state index contributed by atoms with van der Waals surface area (Å²) in [6.07, 6.45) is -2.48. The van der Waals surface area contributed by atoms with Gasteiger partial charge in [-0.1, -0.05) is 19.2 Å². The van der Waals surface area contributed by atoms with Gasteiger partial charge in [0.2, 0.25) is 0 Å². The maximum absolute atomic E-state index is 12.1. The van der Waals surface area contributed by atoms with Crippen LogP contribution in [0.2, 0.25) is 0 Å². The van der Waals surface area contributed by atoms with Crippen molar-refractivity contribution < 1.29 is 48.3 Å². The highest BCUT2D eigenvalue weighted by Gasteiger charge is 2.17. The van der Waals surface area contributed by atoms with Gasteiger partial charge in [0, 0.05) is 11.1 Å². The van der Waals surface area contributed by atoms with Gasteiger partial charge >= 0.3 is 23.9 Å². The molecule has 0 aromatic heterocycles. The molecule has 1 rings (SSSR count). The molecule has 0 radical (unpaired) electrons. The van der Waals surface area contributed by atoms with Gasteiger partial charge in [0.25, 0.3) is 0 Å². The lowest BCUT2D eigenvalue weighted by Gasteiger charge is -2.13. The molecule has 2 unspecified atom stereocenters. The highest BCUT2D eigenvalue weighted by molar-refractivity contribution is 5.95. The van der Waals surface area contributed by atoms with Crippen LogP contribution in [-0.2, 0) is 28.5 Å². The summed E-state index contributed by atoms with van der Waals surface area (Å²) < 4.78 is 19.4. The van der Waals surface area contributed by atoms with Crippen molar-refractivity contribution in [2.75, 3.05) is 26.4 Å². The van der Waals surface area contributed by atoms with E-state index in [9.17, 15) is 29.4 Å². The van der Waals surface area contributed by atoms with Crippen molar-refractivity contribution in [3.63, 3.8) is 0 Å². The molecule has 0 aliphatic carbocycles. The fourth-order valence-electron chi connectivity index (χ4n) is 1.97. The lowest BCUT2D eigenvalue weighted by Crippen LogP contribution is -2.26. The predicted octanol–water partition coefficient (Wildman–Crippen LogP) is 0.961. The van der Waals surface area contributed by atoms with Crippen LogP contribution in [0.4, 0.5) is 0 Å². The average molecular weight is 450 g/mol. The molecule has 0 aliphatic rings. The number of hydrogen-bond acceptors (Lipinski definition) is 10. The Morgan fingerprint density at radius 2 is 1.09 bits per heavy atom. The zero-order valence-electron chi connectivity index (χ0n) is 17.9. The number of carbonyl (C=O) groups excluding carboxylic acids is 4. The molecule has 174 valence electrons. The van der Waals surface area contributed by atoms with Gasteiger partial charge in [-0.3, -0.25) is 0 Å². The first-order chi connectivity index (χ1) is 15.0. The highest BCUT2D eigenvalue weighted by Crippen LogP contribution is 2.09. The molecule has 10 heteroatoms. The first-order valence-electron chi connectivity index (χ1n) is 9.47. The van der Waals surface area contributed by atoms with E-state index in [4.69, 9.17) is 18.9 Å². The Balaban J connectivity index is 2.52. The van der Waals surface area contributed by atoms with Crippen LogP contribution in [0.5, 0.6) is 0 Å². The minimum Gasteiger partial charge on any atom is -0.459 e. The lowest BCUT2D eigenvalue weighted by molar-refractivity contribution is -0.143. The van der Waals surface area contributed by atoms with Crippen LogP contribution in [-0.4, -0.2) is 72.7 Å². The van der Waals surface area contributed by atoms with Crippen LogP contribution in [0.15, 0.2) is 48.6 Å². The van der Waals surface area contributed by atoms with E-state index in [-0.39, 0.29) is 35.5 Å². The molecule has 0 fully saturated rings. The van der Waals surface area contributed by atoms with Crippen LogP contribution < -0.4 is 0 Å². The van der Waals surface area contributed by atoms with Gasteiger partial charge in [-0.05, 0) is 32.0 Å². The van der Waals surface area contributed by atoms with E-state index in [0.717, 1.165) is 0 Å². The van der Waals surface area contributed by atoms with E-state index in [1.165, 1.54) is 38.1 Å². The Morgan fingerprint density at radius 1 is 0.750 bits per heavy atom. The molecule has 2 N–H and O–H groups in total. The van der Waals surface area contributed by atoms with E-state index in [0.29, 0.717) is 0 Å². The minimum atomic E-state index is -1.24. The Labute approximate surface area is 185 Å². The smallest absolute Gasteiger partial charge is 0.338 e. The monoisotopic (exact) mass is 450 g/mol. The molecule has 0 saturated heterocycles. The Morgan fingerprint density at radius 3 is 1.44 bits per heavy atom. The number of ether oxygens (including phenoxy) is 4. The molecular weight excluding hydrogens is 424 g/mol. The maximum Gasteiger partial charge on any atom is 0.338 e. The van der Waals surface area contributed by atoms with Crippen LogP contribution in [0.25, 0.3) is 0 Å². The molecule has 10 nitrogen and oxygen atoms in total. The van der Waals surface area contributed by atoms with Crippen molar-refractivity contribution in [3.05, 3.63) is 59.7 Å². The molecule has 0 bridgehead atoms. The topological polar surface area (TPSA) is 146 Å². The van der Waals surface area contributed by atoms with Crippen molar-refractivity contribution in [2.24, 2.45) is 0 Å². The summed E-state index contributed by atoms with van der Waals surface area (Å²) in [5.74, 6) is -3.00. The van der Waals surface area contributed by atoms with Gasteiger partial charge in [0.1, 0.15) is 38.6 Å². The van der Waals surface area contributed by atoms with E-state index < -0.39 is 49.3 Å². The van der Waals surface area contributed by atoms with Crippen LogP contribution in [0.1, 0.15) is 34.6 Å². The number of esters is 4. The second kappa shape index (κ2) is 13.0. The van der Waals surface area contributed by atoms with Gasteiger partial charge < -0.3 is 29.2 Å². The Bertz CT molecular complexity index is 806. The molecule has 0 spiro atoms. The normalized spacial score (nSPS) is 12.1. The minimum absolute atomic E-state index is 0.0153. The van der Waals surface area contributed by atoms with E-state index >= 15 is 0 Å². The standard InChI is InChI=1S/C22H26O10/c1-13(2)19(25)29-9-17(23)11-31-21(27)15-6-5-7-16(8-15)22(28)32-12-18(24)10-30-20(26)14(3)4/h5-8,17-18,23-24H,1,3,9-12H2,2,4H3. The second-order valence-electron chi connectivity index (χ2n) is 6.84. The van der Waals surface area contributed by atoms with E-state index in [1.54, 1.807) is 0 Å². The van der Waals surface area contributed by atoms with Crippen molar-refractivity contribution in [1.82, 2.24) is 0 Å². The quantitative estimate of drug-likeness (QED) is 0.268. The van der Waals surface area contributed by atoms with Crippen molar-refractivity contribution in [1.29, 1.82) is 0 Å². The summed E-state index contributed by atoms with van der Waals surface area (Å²) in [6.45, 7) is 8.06. The summed E-state index contributed by atoms with van der Waals surface area (Å²) >= 11 is 0. The second-order valence-corrected chi connectivity index (χ2v) is 6.84. The van der Waals surface area contributed by atoms with Crippen LogP contribution >= 0.6 is 0 Å². The zero-order chi connectivity index (χ0) is 24.3. The number of aliphatic hydroxyl groups is 2. The van der Waals surface area contributed by atoms with Crippen molar-refractivity contribution >= 4 is 23.9 Å².